The zero-order chi connectivity index (χ0) is 10.3. The Balaban J connectivity index is 3.01. The topological polar surface area (TPSA) is 3.88 Å². The molecular weight excluding hydrogens is 177 g/mol. The maximum Gasteiger partial charge on any atom is 0.187 e. The van der Waals surface area contributed by atoms with Gasteiger partial charge in [0, 0.05) is 31.7 Å². The first kappa shape index (κ1) is 10.8. The summed E-state index contributed by atoms with van der Waals surface area (Å²) in [6, 6.07) is 0. The predicted octanol–water partition coefficient (Wildman–Crippen LogP) is 3.47. The first-order valence-electron chi connectivity index (χ1n) is 4.81. The lowest BCUT2D eigenvalue weighted by molar-refractivity contribution is -0.749. The minimum Gasteiger partial charge on any atom is -0.197 e. The van der Waals surface area contributed by atoms with Crippen LogP contribution in [0, 0.1) is 0 Å². The van der Waals surface area contributed by atoms with Crippen LogP contribution in [0.5, 0.6) is 0 Å². The van der Waals surface area contributed by atoms with Gasteiger partial charge in [0.1, 0.15) is 0 Å². The molecule has 0 aliphatic carbocycles. The van der Waals surface area contributed by atoms with E-state index in [9.17, 15) is 0 Å². The van der Waals surface area contributed by atoms with Crippen LogP contribution >= 0.6 is 7.53 Å². The standard InChI is InChI=1S/C11H21NP/c1-10(2,3)12-7-8-13(9-12)11(4,5)6/h7-9H,1-6H3/q+1. The van der Waals surface area contributed by atoms with Crippen LogP contribution in [0.2, 0.25) is 0 Å². The number of aromatic nitrogens is 1. The van der Waals surface area contributed by atoms with E-state index in [1.807, 2.05) is 0 Å². The van der Waals surface area contributed by atoms with E-state index in [1.54, 1.807) is 0 Å². The normalized spacial score (nSPS) is 14.8. The molecule has 0 bridgehead atoms. The largest absolute Gasteiger partial charge is 0.197 e. The van der Waals surface area contributed by atoms with Crippen molar-refractivity contribution in [2.75, 3.05) is 0 Å². The Kier molecular flexibility index (Phi) is 2.60. The molecule has 1 aromatic rings. The Morgan fingerprint density at radius 2 is 1.54 bits per heavy atom. The second kappa shape index (κ2) is 3.13. The van der Waals surface area contributed by atoms with Gasteiger partial charge in [-0.1, -0.05) is 20.8 Å². The highest BCUT2D eigenvalue weighted by Gasteiger charge is 2.25. The van der Waals surface area contributed by atoms with Gasteiger partial charge in [0.25, 0.3) is 0 Å². The molecule has 1 aromatic heterocycles. The van der Waals surface area contributed by atoms with Gasteiger partial charge < -0.3 is 0 Å². The molecule has 0 radical (unpaired) electrons. The summed E-state index contributed by atoms with van der Waals surface area (Å²) in [5, 5.41) is 0.409. The fourth-order valence-corrected chi connectivity index (χ4v) is 3.00. The van der Waals surface area contributed by atoms with Crippen molar-refractivity contribution in [3.63, 3.8) is 0 Å². The lowest BCUT2D eigenvalue weighted by atomic mass is 10.1. The van der Waals surface area contributed by atoms with Gasteiger partial charge in [0.2, 0.25) is 0 Å². The molecule has 0 saturated carbocycles. The fourth-order valence-electron chi connectivity index (χ4n) is 1.15. The molecule has 0 aliphatic heterocycles. The van der Waals surface area contributed by atoms with Crippen LogP contribution in [0.1, 0.15) is 41.5 Å². The molecule has 13 heavy (non-hydrogen) atoms. The van der Waals surface area contributed by atoms with Crippen LogP contribution < -0.4 is 4.57 Å². The maximum atomic E-state index is 2.40. The highest BCUT2D eigenvalue weighted by Crippen LogP contribution is 2.42. The van der Waals surface area contributed by atoms with Crippen LogP contribution in [0.25, 0.3) is 0 Å². The molecule has 1 unspecified atom stereocenters. The summed E-state index contributed by atoms with van der Waals surface area (Å²) in [7, 11) is -0.0694. The molecule has 1 rings (SSSR count). The Bertz CT molecular complexity index is 257. The van der Waals surface area contributed by atoms with Gasteiger partial charge in [0.15, 0.2) is 17.7 Å². The molecule has 0 N–H and O–H groups in total. The van der Waals surface area contributed by atoms with Gasteiger partial charge >= 0.3 is 0 Å². The zero-order valence-electron chi connectivity index (χ0n) is 9.63. The highest BCUT2D eigenvalue weighted by molar-refractivity contribution is 7.49. The van der Waals surface area contributed by atoms with E-state index >= 15 is 0 Å². The third kappa shape index (κ3) is 2.57. The number of nitrogens with zero attached hydrogens (tertiary/aromatic N) is 1. The molecule has 74 valence electrons. The molecule has 0 saturated heterocycles. The van der Waals surface area contributed by atoms with Crippen molar-refractivity contribution in [2.24, 2.45) is 0 Å². The van der Waals surface area contributed by atoms with Crippen molar-refractivity contribution in [3.05, 3.63) is 17.9 Å². The van der Waals surface area contributed by atoms with Crippen molar-refractivity contribution in [3.8, 4) is 0 Å². The summed E-state index contributed by atoms with van der Waals surface area (Å²) in [6.07, 6.45) is 2.23. The lowest BCUT2D eigenvalue weighted by Crippen LogP contribution is -2.47. The summed E-state index contributed by atoms with van der Waals surface area (Å²) >= 11 is 0. The summed E-state index contributed by atoms with van der Waals surface area (Å²) in [4.78, 5) is 0. The van der Waals surface area contributed by atoms with Gasteiger partial charge in [-0.05, 0) is 7.53 Å². The number of hydrogen-bond donors (Lipinski definition) is 0. The van der Waals surface area contributed by atoms with E-state index in [-0.39, 0.29) is 13.1 Å². The van der Waals surface area contributed by atoms with Gasteiger partial charge in [0.05, 0.1) is 0 Å². The van der Waals surface area contributed by atoms with Crippen LogP contribution in [-0.2, 0) is 10.7 Å². The van der Waals surface area contributed by atoms with E-state index < -0.39 is 0 Å². The van der Waals surface area contributed by atoms with E-state index in [4.69, 9.17) is 0 Å². The average molecular weight is 198 g/mol. The third-order valence-corrected chi connectivity index (χ3v) is 4.69. The predicted molar refractivity (Wildman–Crippen MR) is 59.3 cm³/mol. The summed E-state index contributed by atoms with van der Waals surface area (Å²) in [5.41, 5.74) is 0.235. The monoisotopic (exact) mass is 198 g/mol. The quantitative estimate of drug-likeness (QED) is 0.562. The van der Waals surface area contributed by atoms with Crippen LogP contribution in [0.3, 0.4) is 0 Å². The van der Waals surface area contributed by atoms with Crippen molar-refractivity contribution in [1.29, 1.82) is 0 Å². The third-order valence-electron chi connectivity index (χ3n) is 2.19. The minimum absolute atomic E-state index is 0.0694. The molecule has 0 fully saturated rings. The van der Waals surface area contributed by atoms with Crippen LogP contribution in [0.4, 0.5) is 0 Å². The summed E-state index contributed by atoms with van der Waals surface area (Å²) < 4.78 is 2.34. The minimum atomic E-state index is -0.0694. The van der Waals surface area contributed by atoms with Gasteiger partial charge in [-0.25, -0.2) is 0 Å². The van der Waals surface area contributed by atoms with E-state index in [1.165, 1.54) is 0 Å². The van der Waals surface area contributed by atoms with E-state index in [0.717, 1.165) is 0 Å². The van der Waals surface area contributed by atoms with E-state index in [0.29, 0.717) is 5.16 Å². The number of rotatable bonds is 0. The molecule has 1 nitrogen and oxygen atoms in total. The van der Waals surface area contributed by atoms with Crippen molar-refractivity contribution < 1.29 is 4.57 Å². The highest BCUT2D eigenvalue weighted by atomic mass is 31.1. The second-order valence-corrected chi connectivity index (χ2v) is 8.26. The molecular formula is C11H21NP+. The van der Waals surface area contributed by atoms with Crippen LogP contribution in [0.15, 0.2) is 17.9 Å². The number of hydrogen-bond acceptors (Lipinski definition) is 0. The first-order valence-corrected chi connectivity index (χ1v) is 6.29. The van der Waals surface area contributed by atoms with Crippen molar-refractivity contribution >= 4 is 7.53 Å². The molecule has 0 aromatic carbocycles. The molecule has 2 heteroatoms. The second-order valence-electron chi connectivity index (χ2n) is 5.57. The molecule has 0 spiro atoms. The van der Waals surface area contributed by atoms with Crippen molar-refractivity contribution in [1.82, 2.24) is 0 Å². The van der Waals surface area contributed by atoms with Crippen molar-refractivity contribution in [2.45, 2.75) is 52.2 Å². The van der Waals surface area contributed by atoms with Crippen LogP contribution in [-0.4, -0.2) is 0 Å². The Hall–Kier alpha value is -0.290. The van der Waals surface area contributed by atoms with Gasteiger partial charge in [-0.15, -0.1) is 0 Å². The average Bonchev–Trinajstić information content (AvgIpc) is 2.28. The Morgan fingerprint density at radius 1 is 1.00 bits per heavy atom. The fraction of sp³-hybridized carbons (Fsp3) is 0.727. The Morgan fingerprint density at radius 3 is 1.77 bits per heavy atom. The molecule has 0 aliphatic rings. The van der Waals surface area contributed by atoms with Gasteiger partial charge in [-0.3, -0.25) is 0 Å². The smallest absolute Gasteiger partial charge is 0.187 e. The maximum absolute atomic E-state index is 2.40. The summed E-state index contributed by atoms with van der Waals surface area (Å²) in [6.45, 7) is 13.7. The summed E-state index contributed by atoms with van der Waals surface area (Å²) in [5.74, 6) is 4.76. The lowest BCUT2D eigenvalue weighted by Gasteiger charge is -2.15. The van der Waals surface area contributed by atoms with E-state index in [2.05, 4.69) is 64.0 Å². The Labute approximate surface area is 82.9 Å². The molecule has 1 heterocycles. The SMILES string of the molecule is CC(C)(C)[n+]1ccp(C(C)(C)C)c1. The zero-order valence-corrected chi connectivity index (χ0v) is 10.5. The van der Waals surface area contributed by atoms with Gasteiger partial charge in [-0.2, -0.15) is 4.57 Å². The first-order chi connectivity index (χ1) is 5.71. The molecule has 1 atom stereocenters. The molecule has 0 amide bonds.